The minimum Gasteiger partial charge on any atom is -0.390 e. The van der Waals surface area contributed by atoms with Crippen LogP contribution in [-0.4, -0.2) is 49.6 Å². The number of rotatable bonds is 2. The van der Waals surface area contributed by atoms with Gasteiger partial charge in [0.05, 0.1) is 25.4 Å². The molecule has 2 aliphatic heterocycles. The molecular formula is C8H16N2O2. The van der Waals surface area contributed by atoms with Gasteiger partial charge in [0.2, 0.25) is 0 Å². The van der Waals surface area contributed by atoms with Crippen molar-refractivity contribution in [1.82, 2.24) is 10.6 Å². The van der Waals surface area contributed by atoms with E-state index in [-0.39, 0.29) is 12.1 Å². The summed E-state index contributed by atoms with van der Waals surface area (Å²) in [6, 6.07) is 0.739. The van der Waals surface area contributed by atoms with Crippen molar-refractivity contribution >= 4 is 0 Å². The lowest BCUT2D eigenvalue weighted by Crippen LogP contribution is -2.58. The molecule has 4 nitrogen and oxygen atoms in total. The summed E-state index contributed by atoms with van der Waals surface area (Å²) in [7, 11) is 0. The van der Waals surface area contributed by atoms with Crippen LogP contribution in [0.15, 0.2) is 0 Å². The second kappa shape index (κ2) is 3.70. The summed E-state index contributed by atoms with van der Waals surface area (Å²) in [4.78, 5) is 0. The Balaban J connectivity index is 1.76. The minimum atomic E-state index is -0.237. The molecule has 0 aromatic rings. The number of hydrogen-bond acceptors (Lipinski definition) is 4. The van der Waals surface area contributed by atoms with Gasteiger partial charge in [-0.2, -0.15) is 0 Å². The van der Waals surface area contributed by atoms with E-state index in [1.54, 1.807) is 0 Å². The quantitative estimate of drug-likeness (QED) is 0.484. The Hall–Kier alpha value is -0.160. The third kappa shape index (κ3) is 1.77. The first kappa shape index (κ1) is 8.44. The van der Waals surface area contributed by atoms with Crippen LogP contribution >= 0.6 is 0 Å². The Bertz CT molecular complexity index is 150. The van der Waals surface area contributed by atoms with Gasteiger partial charge in [-0.05, 0) is 13.0 Å². The predicted molar refractivity (Wildman–Crippen MR) is 45.0 cm³/mol. The van der Waals surface area contributed by atoms with Crippen LogP contribution in [0.25, 0.3) is 0 Å². The maximum atomic E-state index is 9.57. The highest BCUT2D eigenvalue weighted by Crippen LogP contribution is 2.08. The lowest BCUT2D eigenvalue weighted by molar-refractivity contribution is -0.0227. The molecule has 70 valence electrons. The number of piperidine rings is 1. The zero-order valence-electron chi connectivity index (χ0n) is 7.12. The van der Waals surface area contributed by atoms with Crippen molar-refractivity contribution in [2.45, 2.75) is 24.6 Å². The van der Waals surface area contributed by atoms with Crippen LogP contribution in [0.2, 0.25) is 0 Å². The molecule has 2 aliphatic rings. The number of aliphatic hydroxyl groups is 1. The Kier molecular flexibility index (Phi) is 2.60. The summed E-state index contributed by atoms with van der Waals surface area (Å²) in [5.41, 5.74) is 0. The van der Waals surface area contributed by atoms with Gasteiger partial charge in [-0.25, -0.2) is 0 Å². The topological polar surface area (TPSA) is 53.5 Å². The number of hydrogen-bond donors (Lipinski definition) is 3. The number of ether oxygens (including phenoxy) is 1. The summed E-state index contributed by atoms with van der Waals surface area (Å²) in [6.45, 7) is 3.32. The Morgan fingerprint density at radius 2 is 2.25 bits per heavy atom. The summed E-state index contributed by atoms with van der Waals surface area (Å²) < 4.78 is 5.05. The van der Waals surface area contributed by atoms with Crippen molar-refractivity contribution in [2.24, 2.45) is 0 Å². The highest BCUT2D eigenvalue weighted by Gasteiger charge is 2.27. The number of nitrogens with one attached hydrogen (secondary N) is 2. The van der Waals surface area contributed by atoms with Gasteiger partial charge in [-0.3, -0.25) is 0 Å². The standard InChI is InChI=1S/C8H16N2O2/c11-8-3-9-2-1-7(8)10-6-4-12-5-6/h6-11H,1-5H2/t7-,8-/m1/s1. The van der Waals surface area contributed by atoms with E-state index in [2.05, 4.69) is 10.6 Å². The van der Waals surface area contributed by atoms with Crippen molar-refractivity contribution in [2.75, 3.05) is 26.3 Å². The minimum absolute atomic E-state index is 0.237. The maximum Gasteiger partial charge on any atom is 0.0817 e. The lowest BCUT2D eigenvalue weighted by atomic mass is 10.0. The molecule has 12 heavy (non-hydrogen) atoms. The highest BCUT2D eigenvalue weighted by atomic mass is 16.5. The van der Waals surface area contributed by atoms with E-state index < -0.39 is 0 Å². The predicted octanol–water partition coefficient (Wildman–Crippen LogP) is -1.30. The summed E-state index contributed by atoms with van der Waals surface area (Å²) in [5, 5.41) is 16.1. The third-order valence-electron chi connectivity index (χ3n) is 2.54. The first-order valence-electron chi connectivity index (χ1n) is 4.59. The molecule has 0 unspecified atom stereocenters. The van der Waals surface area contributed by atoms with Crippen molar-refractivity contribution in [3.63, 3.8) is 0 Å². The third-order valence-corrected chi connectivity index (χ3v) is 2.54. The van der Waals surface area contributed by atoms with E-state index in [1.165, 1.54) is 0 Å². The molecule has 0 aliphatic carbocycles. The SMILES string of the molecule is O[C@@H]1CNCC[C@H]1NC1COC1. The Labute approximate surface area is 72.3 Å². The smallest absolute Gasteiger partial charge is 0.0817 e. The molecule has 2 heterocycles. The largest absolute Gasteiger partial charge is 0.390 e. The molecule has 2 rings (SSSR count). The highest BCUT2D eigenvalue weighted by molar-refractivity contribution is 4.87. The molecule has 2 saturated heterocycles. The van der Waals surface area contributed by atoms with Gasteiger partial charge >= 0.3 is 0 Å². The van der Waals surface area contributed by atoms with Crippen LogP contribution in [0.5, 0.6) is 0 Å². The fourth-order valence-electron chi connectivity index (χ4n) is 1.67. The molecule has 0 amide bonds. The summed E-state index contributed by atoms with van der Waals surface area (Å²) in [6.07, 6.45) is 0.775. The van der Waals surface area contributed by atoms with Crippen LogP contribution in [0, 0.1) is 0 Å². The summed E-state index contributed by atoms with van der Waals surface area (Å²) >= 11 is 0. The zero-order chi connectivity index (χ0) is 8.39. The molecule has 0 radical (unpaired) electrons. The molecule has 0 spiro atoms. The molecule has 2 fully saturated rings. The summed E-state index contributed by atoms with van der Waals surface area (Å²) in [5.74, 6) is 0. The van der Waals surface area contributed by atoms with Crippen molar-refractivity contribution in [1.29, 1.82) is 0 Å². The fraction of sp³-hybridized carbons (Fsp3) is 1.00. The van der Waals surface area contributed by atoms with Gasteiger partial charge < -0.3 is 20.5 Å². The lowest BCUT2D eigenvalue weighted by Gasteiger charge is -2.36. The van der Waals surface area contributed by atoms with Gasteiger partial charge in [0.15, 0.2) is 0 Å². The molecule has 4 heteroatoms. The average molecular weight is 172 g/mol. The van der Waals surface area contributed by atoms with E-state index in [9.17, 15) is 5.11 Å². The molecule has 0 bridgehead atoms. The zero-order valence-corrected chi connectivity index (χ0v) is 7.12. The van der Waals surface area contributed by atoms with Crippen molar-refractivity contribution in [3.8, 4) is 0 Å². The first-order valence-corrected chi connectivity index (χ1v) is 4.59. The molecule has 3 N–H and O–H groups in total. The molecule has 2 atom stereocenters. The van der Waals surface area contributed by atoms with E-state index in [0.717, 1.165) is 26.2 Å². The van der Waals surface area contributed by atoms with Crippen LogP contribution in [-0.2, 0) is 4.74 Å². The van der Waals surface area contributed by atoms with Gasteiger partial charge in [-0.1, -0.05) is 0 Å². The van der Waals surface area contributed by atoms with E-state index in [1.807, 2.05) is 0 Å². The van der Waals surface area contributed by atoms with Gasteiger partial charge in [0.1, 0.15) is 0 Å². The van der Waals surface area contributed by atoms with E-state index in [0.29, 0.717) is 12.6 Å². The van der Waals surface area contributed by atoms with Crippen molar-refractivity contribution < 1.29 is 9.84 Å². The monoisotopic (exact) mass is 172 g/mol. The number of aliphatic hydroxyl groups excluding tert-OH is 1. The van der Waals surface area contributed by atoms with Crippen LogP contribution < -0.4 is 10.6 Å². The Morgan fingerprint density at radius 3 is 2.83 bits per heavy atom. The van der Waals surface area contributed by atoms with Crippen LogP contribution in [0.4, 0.5) is 0 Å². The van der Waals surface area contributed by atoms with Crippen LogP contribution in [0.3, 0.4) is 0 Å². The maximum absolute atomic E-state index is 9.57. The van der Waals surface area contributed by atoms with Crippen molar-refractivity contribution in [3.05, 3.63) is 0 Å². The first-order chi connectivity index (χ1) is 5.86. The molecule has 0 aromatic heterocycles. The molecular weight excluding hydrogens is 156 g/mol. The second-order valence-electron chi connectivity index (χ2n) is 3.57. The van der Waals surface area contributed by atoms with E-state index >= 15 is 0 Å². The normalized spacial score (nSPS) is 37.8. The van der Waals surface area contributed by atoms with Gasteiger partial charge in [0, 0.05) is 12.6 Å². The van der Waals surface area contributed by atoms with E-state index in [4.69, 9.17) is 4.74 Å². The fourth-order valence-corrected chi connectivity index (χ4v) is 1.67. The second-order valence-corrected chi connectivity index (χ2v) is 3.57. The molecule has 0 aromatic carbocycles. The van der Waals surface area contributed by atoms with Gasteiger partial charge in [0.25, 0.3) is 0 Å². The molecule has 0 saturated carbocycles. The average Bonchev–Trinajstić information content (AvgIpc) is 2.00. The van der Waals surface area contributed by atoms with Gasteiger partial charge in [-0.15, -0.1) is 0 Å². The number of β-amino-alcohol motifs (C(OH)–C–C–N with tert-alkyl or cyclic N) is 1. The van der Waals surface area contributed by atoms with Crippen LogP contribution in [0.1, 0.15) is 6.42 Å². The Morgan fingerprint density at radius 1 is 1.42 bits per heavy atom.